The molecule has 1 unspecified atom stereocenters. The number of carbonyl (C=O) groups excluding carboxylic acids is 3. The Balaban J connectivity index is 1.63. The number of hydrogen-bond donors (Lipinski definition) is 0. The standard InChI is InChI=1S/C18H22ClN3O3/c1-2-16(23)21-9-7-20(8-10-21)14-3-5-15(6-4-14)22-12-13(18(19)25)11-17(22)24/h3-6,13H,2,7-12H2,1H3. The van der Waals surface area contributed by atoms with Crippen LogP contribution in [0.15, 0.2) is 24.3 Å². The van der Waals surface area contributed by atoms with E-state index in [9.17, 15) is 14.4 Å². The molecule has 2 heterocycles. The van der Waals surface area contributed by atoms with Crippen molar-refractivity contribution in [2.24, 2.45) is 5.92 Å². The Kier molecular flexibility index (Phi) is 5.27. The lowest BCUT2D eigenvalue weighted by molar-refractivity contribution is -0.131. The van der Waals surface area contributed by atoms with Gasteiger partial charge in [-0.25, -0.2) is 0 Å². The molecule has 6 nitrogen and oxygen atoms in total. The smallest absolute Gasteiger partial charge is 0.227 e. The molecule has 0 saturated carbocycles. The number of amides is 2. The van der Waals surface area contributed by atoms with Crippen LogP contribution >= 0.6 is 11.6 Å². The normalized spacial score (nSPS) is 21.0. The van der Waals surface area contributed by atoms with E-state index in [1.54, 1.807) is 4.90 Å². The Morgan fingerprint density at radius 3 is 2.20 bits per heavy atom. The SMILES string of the molecule is CCC(=O)N1CCN(c2ccc(N3CC(C(=O)Cl)CC3=O)cc2)CC1. The molecule has 0 aliphatic carbocycles. The van der Waals surface area contributed by atoms with Crippen LogP contribution in [-0.2, 0) is 14.4 Å². The zero-order valence-corrected chi connectivity index (χ0v) is 15.0. The fraction of sp³-hybridized carbons (Fsp3) is 0.500. The maximum atomic E-state index is 12.1. The second-order valence-electron chi connectivity index (χ2n) is 6.45. The summed E-state index contributed by atoms with van der Waals surface area (Å²) in [6, 6.07) is 7.77. The van der Waals surface area contributed by atoms with Crippen LogP contribution < -0.4 is 9.80 Å². The molecule has 2 saturated heterocycles. The first-order valence-electron chi connectivity index (χ1n) is 8.62. The molecule has 0 spiro atoms. The van der Waals surface area contributed by atoms with E-state index in [0.29, 0.717) is 13.0 Å². The van der Waals surface area contributed by atoms with Crippen LogP contribution in [0.4, 0.5) is 11.4 Å². The first-order valence-corrected chi connectivity index (χ1v) is 9.00. The Morgan fingerprint density at radius 1 is 1.08 bits per heavy atom. The van der Waals surface area contributed by atoms with Crippen molar-refractivity contribution in [2.45, 2.75) is 19.8 Å². The van der Waals surface area contributed by atoms with Crippen LogP contribution in [0, 0.1) is 5.92 Å². The third kappa shape index (κ3) is 3.79. The predicted molar refractivity (Wildman–Crippen MR) is 96.8 cm³/mol. The Labute approximate surface area is 152 Å². The summed E-state index contributed by atoms with van der Waals surface area (Å²) in [6.45, 7) is 5.30. The fourth-order valence-corrected chi connectivity index (χ4v) is 3.54. The molecule has 2 amide bonds. The molecule has 134 valence electrons. The molecule has 0 N–H and O–H groups in total. The summed E-state index contributed by atoms with van der Waals surface area (Å²) in [5.41, 5.74) is 1.86. The van der Waals surface area contributed by atoms with Gasteiger partial charge in [0.2, 0.25) is 17.1 Å². The van der Waals surface area contributed by atoms with Gasteiger partial charge in [-0.1, -0.05) is 6.92 Å². The Morgan fingerprint density at radius 2 is 1.68 bits per heavy atom. The molecule has 2 fully saturated rings. The number of rotatable bonds is 4. The van der Waals surface area contributed by atoms with Crippen LogP contribution in [0.2, 0.25) is 0 Å². The van der Waals surface area contributed by atoms with Crippen LogP contribution in [0.25, 0.3) is 0 Å². The van der Waals surface area contributed by atoms with Crippen molar-refractivity contribution in [3.63, 3.8) is 0 Å². The highest BCUT2D eigenvalue weighted by Gasteiger charge is 2.34. The molecule has 3 rings (SSSR count). The van der Waals surface area contributed by atoms with Gasteiger partial charge in [-0.2, -0.15) is 0 Å². The summed E-state index contributed by atoms with van der Waals surface area (Å²) in [4.78, 5) is 40.8. The van der Waals surface area contributed by atoms with Crippen molar-refractivity contribution in [1.82, 2.24) is 4.90 Å². The highest BCUT2D eigenvalue weighted by molar-refractivity contribution is 6.64. The number of carbonyl (C=O) groups is 3. The third-order valence-corrected chi connectivity index (χ3v) is 5.22. The molecule has 1 aromatic carbocycles. The maximum absolute atomic E-state index is 12.1. The summed E-state index contributed by atoms with van der Waals surface area (Å²) in [5.74, 6) is -0.289. The highest BCUT2D eigenvalue weighted by Crippen LogP contribution is 2.28. The van der Waals surface area contributed by atoms with Gasteiger partial charge in [-0.15, -0.1) is 0 Å². The molecular formula is C18H22ClN3O3. The molecule has 0 radical (unpaired) electrons. The predicted octanol–water partition coefficient (Wildman–Crippen LogP) is 1.86. The van der Waals surface area contributed by atoms with Gasteiger partial charge in [0.05, 0.1) is 5.92 Å². The second kappa shape index (κ2) is 7.44. The molecular weight excluding hydrogens is 342 g/mol. The molecule has 0 bridgehead atoms. The third-order valence-electron chi connectivity index (χ3n) is 4.91. The van der Waals surface area contributed by atoms with Crippen LogP contribution in [0.5, 0.6) is 0 Å². The molecule has 0 aromatic heterocycles. The van der Waals surface area contributed by atoms with Gasteiger partial charge < -0.3 is 14.7 Å². The van der Waals surface area contributed by atoms with Crippen molar-refractivity contribution in [3.05, 3.63) is 24.3 Å². The lowest BCUT2D eigenvalue weighted by Crippen LogP contribution is -2.48. The number of piperazine rings is 1. The quantitative estimate of drug-likeness (QED) is 0.766. The lowest BCUT2D eigenvalue weighted by Gasteiger charge is -2.36. The minimum absolute atomic E-state index is 0.0709. The van der Waals surface area contributed by atoms with Gasteiger partial charge >= 0.3 is 0 Å². The van der Waals surface area contributed by atoms with Crippen molar-refractivity contribution in [1.29, 1.82) is 0 Å². The molecule has 2 aliphatic rings. The lowest BCUT2D eigenvalue weighted by atomic mass is 10.1. The number of nitrogens with zero attached hydrogens (tertiary/aromatic N) is 3. The van der Waals surface area contributed by atoms with Crippen molar-refractivity contribution in [2.75, 3.05) is 42.5 Å². The summed E-state index contributed by atoms with van der Waals surface area (Å²) in [5, 5.41) is -0.452. The molecule has 7 heteroatoms. The van der Waals surface area contributed by atoms with Gasteiger partial charge in [-0.3, -0.25) is 14.4 Å². The van der Waals surface area contributed by atoms with E-state index >= 15 is 0 Å². The van der Waals surface area contributed by atoms with Crippen LogP contribution in [-0.4, -0.2) is 54.7 Å². The zero-order valence-electron chi connectivity index (χ0n) is 14.3. The van der Waals surface area contributed by atoms with Gasteiger partial charge in [0.25, 0.3) is 0 Å². The number of anilines is 2. The second-order valence-corrected chi connectivity index (χ2v) is 6.82. The van der Waals surface area contributed by atoms with Crippen molar-refractivity contribution >= 4 is 40.0 Å². The van der Waals surface area contributed by atoms with Gasteiger partial charge in [0, 0.05) is 56.9 Å². The van der Waals surface area contributed by atoms with E-state index in [-0.39, 0.29) is 18.2 Å². The molecule has 2 aliphatic heterocycles. The minimum Gasteiger partial charge on any atom is -0.368 e. The summed E-state index contributed by atoms with van der Waals surface area (Å²) in [7, 11) is 0. The molecule has 1 aromatic rings. The van der Waals surface area contributed by atoms with E-state index in [1.165, 1.54) is 0 Å². The van der Waals surface area contributed by atoms with Crippen LogP contribution in [0.3, 0.4) is 0 Å². The fourth-order valence-electron chi connectivity index (χ4n) is 3.39. The number of hydrogen-bond acceptors (Lipinski definition) is 4. The van der Waals surface area contributed by atoms with Crippen molar-refractivity contribution < 1.29 is 14.4 Å². The van der Waals surface area contributed by atoms with Crippen LogP contribution in [0.1, 0.15) is 19.8 Å². The summed E-state index contributed by atoms with van der Waals surface area (Å²) < 4.78 is 0. The maximum Gasteiger partial charge on any atom is 0.227 e. The van der Waals surface area contributed by atoms with E-state index in [4.69, 9.17) is 11.6 Å². The van der Waals surface area contributed by atoms with Gasteiger partial charge in [0.1, 0.15) is 0 Å². The van der Waals surface area contributed by atoms with Crippen molar-refractivity contribution in [3.8, 4) is 0 Å². The Hall–Kier alpha value is -2.08. The monoisotopic (exact) mass is 363 g/mol. The molecule has 1 atom stereocenters. The highest BCUT2D eigenvalue weighted by atomic mass is 35.5. The average molecular weight is 364 g/mol. The van der Waals surface area contributed by atoms with Gasteiger partial charge in [0.15, 0.2) is 0 Å². The van der Waals surface area contributed by atoms with E-state index < -0.39 is 11.2 Å². The summed E-state index contributed by atoms with van der Waals surface area (Å²) in [6.07, 6.45) is 0.724. The average Bonchev–Trinajstić information content (AvgIpc) is 3.03. The topological polar surface area (TPSA) is 60.9 Å². The van der Waals surface area contributed by atoms with E-state index in [0.717, 1.165) is 37.6 Å². The minimum atomic E-state index is -0.452. The largest absolute Gasteiger partial charge is 0.368 e. The zero-order chi connectivity index (χ0) is 18.0. The first-order chi connectivity index (χ1) is 12.0. The summed E-state index contributed by atoms with van der Waals surface area (Å²) >= 11 is 5.52. The Bertz CT molecular complexity index is 669. The number of benzene rings is 1. The van der Waals surface area contributed by atoms with E-state index in [1.807, 2.05) is 36.1 Å². The van der Waals surface area contributed by atoms with Gasteiger partial charge in [-0.05, 0) is 35.9 Å². The van der Waals surface area contributed by atoms with E-state index in [2.05, 4.69) is 4.90 Å². The number of halogens is 1. The molecule has 25 heavy (non-hydrogen) atoms. The first kappa shape index (κ1) is 17.7.